The second-order valence-electron chi connectivity index (χ2n) is 4.45. The smallest absolute Gasteiger partial charge is 0.104 e. The van der Waals surface area contributed by atoms with Gasteiger partial charge in [0.1, 0.15) is 6.61 Å². The summed E-state index contributed by atoms with van der Waals surface area (Å²) >= 11 is 1.77. The lowest BCUT2D eigenvalue weighted by Crippen LogP contribution is -2.23. The molecule has 1 fully saturated rings. The third kappa shape index (κ3) is 4.16. The van der Waals surface area contributed by atoms with Crippen LogP contribution in [0.25, 0.3) is 0 Å². The zero-order valence-corrected chi connectivity index (χ0v) is 10.9. The molecule has 17 heavy (non-hydrogen) atoms. The number of hydrogen-bond acceptors (Lipinski definition) is 3. The minimum absolute atomic E-state index is 0.0582. The number of nitrogens with zero attached hydrogens (tertiary/aromatic N) is 1. The summed E-state index contributed by atoms with van der Waals surface area (Å²) in [7, 11) is 0. The maximum absolute atomic E-state index is 8.65. The third-order valence-corrected chi connectivity index (χ3v) is 3.97. The van der Waals surface area contributed by atoms with Gasteiger partial charge >= 0.3 is 0 Å². The molecule has 1 N–H and O–H groups in total. The van der Waals surface area contributed by atoms with Crippen LogP contribution in [0, 0.1) is 11.8 Å². The van der Waals surface area contributed by atoms with E-state index in [2.05, 4.69) is 28.2 Å². The third-order valence-electron chi connectivity index (χ3n) is 3.04. The SMILES string of the molecule is OCC#Cc1csc(CN2CCCCCC2)c1. The highest BCUT2D eigenvalue weighted by molar-refractivity contribution is 7.10. The van der Waals surface area contributed by atoms with E-state index in [0.717, 1.165) is 12.1 Å². The second kappa shape index (κ2) is 6.80. The molecule has 0 spiro atoms. The van der Waals surface area contributed by atoms with Gasteiger partial charge in [0, 0.05) is 22.4 Å². The van der Waals surface area contributed by atoms with Crippen molar-refractivity contribution in [3.63, 3.8) is 0 Å². The first-order valence-electron chi connectivity index (χ1n) is 6.28. The maximum Gasteiger partial charge on any atom is 0.104 e. The maximum atomic E-state index is 8.65. The average molecular weight is 249 g/mol. The van der Waals surface area contributed by atoms with Gasteiger partial charge in [-0.25, -0.2) is 0 Å². The van der Waals surface area contributed by atoms with Gasteiger partial charge in [0.25, 0.3) is 0 Å². The minimum Gasteiger partial charge on any atom is -0.384 e. The van der Waals surface area contributed by atoms with Crippen LogP contribution in [-0.2, 0) is 6.54 Å². The van der Waals surface area contributed by atoms with E-state index >= 15 is 0 Å². The molecule has 0 aliphatic carbocycles. The first kappa shape index (κ1) is 12.6. The van der Waals surface area contributed by atoms with E-state index in [0.29, 0.717) is 0 Å². The molecule has 1 saturated heterocycles. The van der Waals surface area contributed by atoms with Crippen LogP contribution < -0.4 is 0 Å². The average Bonchev–Trinajstić information content (AvgIpc) is 2.61. The van der Waals surface area contributed by atoms with Crippen LogP contribution in [0.5, 0.6) is 0 Å². The van der Waals surface area contributed by atoms with Gasteiger partial charge in [-0.15, -0.1) is 11.3 Å². The Kier molecular flexibility index (Phi) is 5.06. The summed E-state index contributed by atoms with van der Waals surface area (Å²) in [6, 6.07) is 2.15. The quantitative estimate of drug-likeness (QED) is 0.814. The molecule has 0 unspecified atom stereocenters. The van der Waals surface area contributed by atoms with Gasteiger partial charge < -0.3 is 5.11 Å². The van der Waals surface area contributed by atoms with Gasteiger partial charge in [-0.1, -0.05) is 24.7 Å². The van der Waals surface area contributed by atoms with Crippen molar-refractivity contribution in [2.24, 2.45) is 0 Å². The van der Waals surface area contributed by atoms with Gasteiger partial charge in [0.2, 0.25) is 0 Å². The van der Waals surface area contributed by atoms with E-state index in [1.807, 2.05) is 0 Å². The molecule has 0 atom stereocenters. The van der Waals surface area contributed by atoms with E-state index in [4.69, 9.17) is 5.11 Å². The highest BCUT2D eigenvalue weighted by Crippen LogP contribution is 2.18. The van der Waals surface area contributed by atoms with Gasteiger partial charge in [0.15, 0.2) is 0 Å². The molecule has 1 aromatic rings. The number of hydrogen-bond donors (Lipinski definition) is 1. The number of aliphatic hydroxyl groups is 1. The fraction of sp³-hybridized carbons (Fsp3) is 0.571. The first-order valence-corrected chi connectivity index (χ1v) is 7.16. The molecule has 1 aromatic heterocycles. The Bertz CT molecular complexity index is 394. The highest BCUT2D eigenvalue weighted by atomic mass is 32.1. The van der Waals surface area contributed by atoms with Crippen LogP contribution in [0.15, 0.2) is 11.4 Å². The second-order valence-corrected chi connectivity index (χ2v) is 5.45. The van der Waals surface area contributed by atoms with E-state index < -0.39 is 0 Å². The molecular weight excluding hydrogens is 230 g/mol. The summed E-state index contributed by atoms with van der Waals surface area (Å²) in [5.41, 5.74) is 1.04. The zero-order chi connectivity index (χ0) is 11.9. The Balaban J connectivity index is 1.91. The normalized spacial score (nSPS) is 17.2. The van der Waals surface area contributed by atoms with Crippen molar-refractivity contribution in [1.82, 2.24) is 4.90 Å². The molecule has 2 nitrogen and oxygen atoms in total. The molecule has 0 bridgehead atoms. The molecule has 92 valence electrons. The Morgan fingerprint density at radius 3 is 2.71 bits per heavy atom. The van der Waals surface area contributed by atoms with E-state index in [1.165, 1.54) is 43.6 Å². The van der Waals surface area contributed by atoms with Crippen LogP contribution in [0.2, 0.25) is 0 Å². The van der Waals surface area contributed by atoms with Crippen molar-refractivity contribution in [2.75, 3.05) is 19.7 Å². The number of thiophene rings is 1. The summed E-state index contributed by atoms with van der Waals surface area (Å²) in [6.45, 7) is 3.47. The summed E-state index contributed by atoms with van der Waals surface area (Å²) in [6.07, 6.45) is 5.44. The van der Waals surface area contributed by atoms with E-state index in [-0.39, 0.29) is 6.61 Å². The monoisotopic (exact) mass is 249 g/mol. The van der Waals surface area contributed by atoms with Crippen LogP contribution in [0.4, 0.5) is 0 Å². The highest BCUT2D eigenvalue weighted by Gasteiger charge is 2.10. The molecule has 0 aromatic carbocycles. The summed E-state index contributed by atoms with van der Waals surface area (Å²) in [4.78, 5) is 3.93. The Labute approximate surface area is 107 Å². The Morgan fingerprint density at radius 1 is 1.24 bits per heavy atom. The minimum atomic E-state index is -0.0582. The molecule has 3 heteroatoms. The standard InChI is InChI=1S/C14H19NOS/c16-9-5-6-13-10-14(17-12-13)11-15-7-3-1-2-4-8-15/h10,12,16H,1-4,7-9,11H2. The molecule has 0 amide bonds. The molecule has 1 aliphatic heterocycles. The van der Waals surface area contributed by atoms with Crippen molar-refractivity contribution >= 4 is 11.3 Å². The fourth-order valence-electron chi connectivity index (χ4n) is 2.19. The lowest BCUT2D eigenvalue weighted by atomic mass is 10.2. The molecule has 0 radical (unpaired) electrons. The van der Waals surface area contributed by atoms with Crippen molar-refractivity contribution in [3.8, 4) is 11.8 Å². The zero-order valence-electron chi connectivity index (χ0n) is 10.1. The Morgan fingerprint density at radius 2 is 2.00 bits per heavy atom. The Hall–Kier alpha value is -0.820. The van der Waals surface area contributed by atoms with Crippen LogP contribution in [-0.4, -0.2) is 29.7 Å². The predicted molar refractivity (Wildman–Crippen MR) is 72.0 cm³/mol. The lowest BCUT2D eigenvalue weighted by Gasteiger charge is -2.18. The van der Waals surface area contributed by atoms with Crippen molar-refractivity contribution in [1.29, 1.82) is 0 Å². The van der Waals surface area contributed by atoms with Gasteiger partial charge in [-0.3, -0.25) is 4.90 Å². The fourth-order valence-corrected chi connectivity index (χ4v) is 3.04. The topological polar surface area (TPSA) is 23.5 Å². The number of aliphatic hydroxyl groups excluding tert-OH is 1. The van der Waals surface area contributed by atoms with Gasteiger partial charge in [-0.05, 0) is 32.0 Å². The summed E-state index contributed by atoms with van der Waals surface area (Å²) in [5.74, 6) is 5.65. The van der Waals surface area contributed by atoms with Crippen LogP contribution in [0.1, 0.15) is 36.1 Å². The van der Waals surface area contributed by atoms with Gasteiger partial charge in [-0.2, -0.15) is 0 Å². The van der Waals surface area contributed by atoms with Crippen LogP contribution >= 0.6 is 11.3 Å². The number of likely N-dealkylation sites (tertiary alicyclic amines) is 1. The summed E-state index contributed by atoms with van der Waals surface area (Å²) < 4.78 is 0. The first-order chi connectivity index (χ1) is 8.38. The number of rotatable bonds is 2. The van der Waals surface area contributed by atoms with Gasteiger partial charge in [0.05, 0.1) is 0 Å². The molecule has 0 saturated carbocycles. The lowest BCUT2D eigenvalue weighted by molar-refractivity contribution is 0.279. The van der Waals surface area contributed by atoms with E-state index in [1.54, 1.807) is 11.3 Å². The van der Waals surface area contributed by atoms with Crippen molar-refractivity contribution in [3.05, 3.63) is 21.9 Å². The largest absolute Gasteiger partial charge is 0.384 e. The molecule has 2 rings (SSSR count). The molecule has 2 heterocycles. The summed E-state index contributed by atoms with van der Waals surface area (Å²) in [5, 5.41) is 10.7. The van der Waals surface area contributed by atoms with Crippen molar-refractivity contribution < 1.29 is 5.11 Å². The van der Waals surface area contributed by atoms with E-state index in [9.17, 15) is 0 Å². The predicted octanol–water partition coefficient (Wildman–Crippen LogP) is 2.47. The molecule has 1 aliphatic rings. The van der Waals surface area contributed by atoms with Crippen LogP contribution in [0.3, 0.4) is 0 Å². The van der Waals surface area contributed by atoms with Crippen molar-refractivity contribution in [2.45, 2.75) is 32.2 Å². The molecular formula is C14H19NOS.